The standard InChI is InChI=1S/C24H23N3O4S/c1-30-17-10-8-15(9-11-17)14-19-18(22(28)16-6-4-3-5-7-16)12-13-20(21(19)25)26-23(32)27-24(29)31-2/h3-13H,14,25H2,1-2H3,(H2,26,27,29,32). The number of hydrogen-bond acceptors (Lipinski definition) is 6. The van der Waals surface area contributed by atoms with Crippen molar-refractivity contribution in [2.45, 2.75) is 6.42 Å². The van der Waals surface area contributed by atoms with Crippen LogP contribution in [0.4, 0.5) is 16.2 Å². The number of hydrogen-bond donors (Lipinski definition) is 3. The third-order valence-corrected chi connectivity index (χ3v) is 5.03. The second-order valence-corrected chi connectivity index (χ2v) is 7.25. The van der Waals surface area contributed by atoms with Crippen molar-refractivity contribution in [3.63, 3.8) is 0 Å². The molecule has 164 valence electrons. The highest BCUT2D eigenvalue weighted by atomic mass is 32.1. The van der Waals surface area contributed by atoms with Crippen LogP contribution in [0.5, 0.6) is 5.75 Å². The summed E-state index contributed by atoms with van der Waals surface area (Å²) in [4.78, 5) is 24.6. The van der Waals surface area contributed by atoms with Crippen molar-refractivity contribution in [1.29, 1.82) is 0 Å². The van der Waals surface area contributed by atoms with Crippen LogP contribution in [-0.4, -0.2) is 31.2 Å². The zero-order valence-electron chi connectivity index (χ0n) is 17.7. The van der Waals surface area contributed by atoms with E-state index in [2.05, 4.69) is 15.4 Å². The smallest absolute Gasteiger partial charge is 0.413 e. The van der Waals surface area contributed by atoms with E-state index >= 15 is 0 Å². The molecule has 0 aliphatic carbocycles. The van der Waals surface area contributed by atoms with Gasteiger partial charge in [-0.25, -0.2) is 4.79 Å². The van der Waals surface area contributed by atoms with Crippen molar-refractivity contribution in [1.82, 2.24) is 5.32 Å². The van der Waals surface area contributed by atoms with Gasteiger partial charge >= 0.3 is 6.09 Å². The molecule has 3 rings (SSSR count). The second-order valence-electron chi connectivity index (χ2n) is 6.84. The maximum absolute atomic E-state index is 13.2. The van der Waals surface area contributed by atoms with Crippen LogP contribution >= 0.6 is 12.2 Å². The average Bonchev–Trinajstić information content (AvgIpc) is 2.82. The predicted molar refractivity (Wildman–Crippen MR) is 128 cm³/mol. The zero-order chi connectivity index (χ0) is 23.1. The van der Waals surface area contributed by atoms with Gasteiger partial charge in [-0.1, -0.05) is 42.5 Å². The van der Waals surface area contributed by atoms with E-state index in [1.807, 2.05) is 42.5 Å². The lowest BCUT2D eigenvalue weighted by atomic mass is 9.92. The number of benzene rings is 3. The summed E-state index contributed by atoms with van der Waals surface area (Å²) >= 11 is 5.14. The van der Waals surface area contributed by atoms with E-state index in [0.717, 1.165) is 11.3 Å². The largest absolute Gasteiger partial charge is 0.497 e. The summed E-state index contributed by atoms with van der Waals surface area (Å²) in [5.74, 6) is 0.597. The summed E-state index contributed by atoms with van der Waals surface area (Å²) in [6.45, 7) is 0. The molecular weight excluding hydrogens is 426 g/mol. The Hall–Kier alpha value is -3.91. The first kappa shape index (κ1) is 22.8. The van der Waals surface area contributed by atoms with Gasteiger partial charge in [-0.3, -0.25) is 10.1 Å². The Labute approximate surface area is 191 Å². The zero-order valence-corrected chi connectivity index (χ0v) is 18.5. The number of thiocarbonyl (C=S) groups is 1. The molecule has 0 fully saturated rings. The lowest BCUT2D eigenvalue weighted by Crippen LogP contribution is -2.34. The molecule has 7 nitrogen and oxygen atoms in total. The van der Waals surface area contributed by atoms with Gasteiger partial charge in [0.25, 0.3) is 0 Å². The molecular formula is C24H23N3O4S. The van der Waals surface area contributed by atoms with Crippen LogP contribution in [0.2, 0.25) is 0 Å². The van der Waals surface area contributed by atoms with Gasteiger partial charge in [0.15, 0.2) is 10.9 Å². The van der Waals surface area contributed by atoms with Crippen LogP contribution in [0.15, 0.2) is 66.7 Å². The molecule has 0 aliphatic rings. The van der Waals surface area contributed by atoms with Crippen LogP contribution in [-0.2, 0) is 11.2 Å². The molecule has 3 aromatic carbocycles. The number of anilines is 2. The quantitative estimate of drug-likeness (QED) is 0.295. The first-order valence-corrected chi connectivity index (χ1v) is 10.1. The minimum absolute atomic E-state index is 0.0288. The van der Waals surface area contributed by atoms with Crippen LogP contribution in [0, 0.1) is 0 Å². The summed E-state index contributed by atoms with van der Waals surface area (Å²) in [6, 6.07) is 19.9. The molecule has 32 heavy (non-hydrogen) atoms. The van der Waals surface area contributed by atoms with E-state index in [-0.39, 0.29) is 10.9 Å². The van der Waals surface area contributed by atoms with Gasteiger partial charge in [0.1, 0.15) is 5.75 Å². The van der Waals surface area contributed by atoms with Gasteiger partial charge in [-0.2, -0.15) is 0 Å². The van der Waals surface area contributed by atoms with Crippen molar-refractivity contribution in [2.24, 2.45) is 0 Å². The molecule has 3 aromatic rings. The Morgan fingerprint density at radius 3 is 2.28 bits per heavy atom. The third-order valence-electron chi connectivity index (χ3n) is 4.83. The summed E-state index contributed by atoms with van der Waals surface area (Å²) in [7, 11) is 2.84. The number of ketones is 1. The molecule has 0 heterocycles. The van der Waals surface area contributed by atoms with Crippen molar-refractivity contribution < 1.29 is 19.1 Å². The molecule has 0 spiro atoms. The average molecular weight is 450 g/mol. The number of carbonyl (C=O) groups is 2. The SMILES string of the molecule is COC(=O)NC(=S)Nc1ccc(C(=O)c2ccccc2)c(Cc2ccc(OC)cc2)c1N. The first-order valence-electron chi connectivity index (χ1n) is 9.73. The van der Waals surface area contributed by atoms with Crippen LogP contribution in [0.3, 0.4) is 0 Å². The molecule has 1 amide bonds. The normalized spacial score (nSPS) is 10.2. The molecule has 8 heteroatoms. The minimum Gasteiger partial charge on any atom is -0.497 e. The maximum atomic E-state index is 13.2. The van der Waals surface area contributed by atoms with Crippen LogP contribution < -0.4 is 21.1 Å². The lowest BCUT2D eigenvalue weighted by Gasteiger charge is -2.17. The molecule has 0 bridgehead atoms. The molecule has 0 atom stereocenters. The second kappa shape index (κ2) is 10.4. The molecule has 4 N–H and O–H groups in total. The van der Waals surface area contributed by atoms with Crippen molar-refractivity contribution in [2.75, 3.05) is 25.3 Å². The Kier molecular flexibility index (Phi) is 7.41. The van der Waals surface area contributed by atoms with E-state index in [9.17, 15) is 9.59 Å². The number of amides is 1. The van der Waals surface area contributed by atoms with Crippen molar-refractivity contribution >= 4 is 40.6 Å². The monoisotopic (exact) mass is 449 g/mol. The highest BCUT2D eigenvalue weighted by Crippen LogP contribution is 2.30. The number of carbonyl (C=O) groups excluding carboxylic acids is 2. The van der Waals surface area contributed by atoms with E-state index in [1.165, 1.54) is 7.11 Å². The number of rotatable bonds is 6. The topological polar surface area (TPSA) is 103 Å². The predicted octanol–water partition coefficient (Wildman–Crippen LogP) is 4.15. The fourth-order valence-corrected chi connectivity index (χ4v) is 3.36. The lowest BCUT2D eigenvalue weighted by molar-refractivity contribution is 0.103. The summed E-state index contributed by atoms with van der Waals surface area (Å²) < 4.78 is 9.77. The molecule has 0 saturated heterocycles. The van der Waals surface area contributed by atoms with Gasteiger partial charge in [-0.05, 0) is 47.6 Å². The molecule has 0 saturated carbocycles. The highest BCUT2D eigenvalue weighted by Gasteiger charge is 2.19. The van der Waals surface area contributed by atoms with Crippen LogP contribution in [0.25, 0.3) is 0 Å². The number of nitrogens with one attached hydrogen (secondary N) is 2. The van der Waals surface area contributed by atoms with Gasteiger partial charge in [-0.15, -0.1) is 0 Å². The minimum atomic E-state index is -0.699. The number of nitrogens with two attached hydrogens (primary N) is 1. The van der Waals surface area contributed by atoms with Gasteiger partial charge in [0.2, 0.25) is 0 Å². The Morgan fingerprint density at radius 2 is 1.66 bits per heavy atom. The van der Waals surface area contributed by atoms with Crippen LogP contribution in [0.1, 0.15) is 27.0 Å². The molecule has 0 aliphatic heterocycles. The fraction of sp³-hybridized carbons (Fsp3) is 0.125. The highest BCUT2D eigenvalue weighted by molar-refractivity contribution is 7.80. The Morgan fingerprint density at radius 1 is 0.969 bits per heavy atom. The van der Waals surface area contributed by atoms with Crippen molar-refractivity contribution in [3.8, 4) is 5.75 Å². The molecule has 0 aromatic heterocycles. The third kappa shape index (κ3) is 5.41. The first-order chi connectivity index (χ1) is 15.4. The number of alkyl carbamates (subject to hydrolysis) is 1. The fourth-order valence-electron chi connectivity index (χ4n) is 3.17. The number of methoxy groups -OCH3 is 2. The summed E-state index contributed by atoms with van der Waals surface area (Å²) in [6.07, 6.45) is -0.286. The van der Waals surface area contributed by atoms with E-state index in [4.69, 9.17) is 22.7 Å². The molecule has 0 unspecified atom stereocenters. The van der Waals surface area contributed by atoms with Gasteiger partial charge in [0, 0.05) is 17.5 Å². The summed E-state index contributed by atoms with van der Waals surface area (Å²) in [5.41, 5.74) is 9.95. The Bertz CT molecular complexity index is 1130. The van der Waals surface area contributed by atoms with E-state index in [1.54, 1.807) is 31.4 Å². The number of ether oxygens (including phenoxy) is 2. The van der Waals surface area contributed by atoms with Crippen molar-refractivity contribution in [3.05, 3.63) is 89.0 Å². The Balaban J connectivity index is 2.00. The van der Waals surface area contributed by atoms with Gasteiger partial charge < -0.3 is 20.5 Å². The molecule has 0 radical (unpaired) electrons. The van der Waals surface area contributed by atoms with E-state index < -0.39 is 6.09 Å². The van der Waals surface area contributed by atoms with E-state index in [0.29, 0.717) is 34.5 Å². The summed E-state index contributed by atoms with van der Waals surface area (Å²) in [5, 5.41) is 5.29. The maximum Gasteiger partial charge on any atom is 0.413 e. The van der Waals surface area contributed by atoms with Gasteiger partial charge in [0.05, 0.1) is 25.6 Å². The number of nitrogen functional groups attached to an aromatic ring is 1.